The van der Waals surface area contributed by atoms with Crippen LogP contribution in [-0.4, -0.2) is 28.0 Å². The molecule has 0 aliphatic carbocycles. The van der Waals surface area contributed by atoms with E-state index in [-0.39, 0.29) is 22.8 Å². The van der Waals surface area contributed by atoms with Crippen LogP contribution < -0.4 is 9.04 Å². The first-order valence-electron chi connectivity index (χ1n) is 10.7. The summed E-state index contributed by atoms with van der Waals surface area (Å²) >= 11 is 0. The summed E-state index contributed by atoms with van der Waals surface area (Å²) in [5, 5.41) is 0. The number of ether oxygens (including phenoxy) is 2. The number of benzene rings is 3. The van der Waals surface area contributed by atoms with Gasteiger partial charge in [-0.15, -0.1) is 0 Å². The van der Waals surface area contributed by atoms with Crippen LogP contribution in [0.25, 0.3) is 0 Å². The topological polar surface area (TPSA) is 72.9 Å². The Morgan fingerprint density at radius 2 is 1.49 bits per heavy atom. The lowest BCUT2D eigenvalue weighted by Gasteiger charge is -2.23. The van der Waals surface area contributed by atoms with Gasteiger partial charge >= 0.3 is 12.1 Å². The van der Waals surface area contributed by atoms with Crippen molar-refractivity contribution in [1.82, 2.24) is 0 Å². The minimum atomic E-state index is -4.44. The van der Waals surface area contributed by atoms with Crippen LogP contribution in [0.3, 0.4) is 0 Å². The Bertz CT molecular complexity index is 1290. The van der Waals surface area contributed by atoms with E-state index in [4.69, 9.17) is 9.47 Å². The molecule has 0 unspecified atom stereocenters. The van der Waals surface area contributed by atoms with Gasteiger partial charge in [0.1, 0.15) is 11.5 Å². The molecule has 186 valence electrons. The van der Waals surface area contributed by atoms with E-state index in [0.29, 0.717) is 23.4 Å². The summed E-state index contributed by atoms with van der Waals surface area (Å²) in [5.74, 6) is -0.0916. The summed E-state index contributed by atoms with van der Waals surface area (Å²) in [4.78, 5) is 12.1. The molecule has 0 fully saturated rings. The second kappa shape index (κ2) is 10.4. The smallest absolute Gasteiger partial charge is 0.416 e. The zero-order valence-electron chi connectivity index (χ0n) is 19.3. The molecule has 0 aromatic heterocycles. The molecule has 3 rings (SSSR count). The molecule has 3 aromatic rings. The van der Waals surface area contributed by atoms with Crippen LogP contribution in [0.1, 0.15) is 35.3 Å². The molecule has 3 aromatic carbocycles. The predicted octanol–water partition coefficient (Wildman–Crippen LogP) is 6.06. The van der Waals surface area contributed by atoms with E-state index >= 15 is 0 Å². The monoisotopic (exact) mass is 507 g/mol. The highest BCUT2D eigenvalue weighted by atomic mass is 32.2. The molecule has 0 saturated carbocycles. The summed E-state index contributed by atoms with van der Waals surface area (Å²) in [6.45, 7) is 3.64. The van der Waals surface area contributed by atoms with E-state index in [1.807, 2.05) is 6.92 Å². The van der Waals surface area contributed by atoms with Gasteiger partial charge in [0, 0.05) is 6.54 Å². The van der Waals surface area contributed by atoms with Crippen molar-refractivity contribution >= 4 is 21.7 Å². The molecular formula is C25H24F3NO5S. The number of alkyl halides is 3. The number of rotatable bonds is 8. The molecule has 10 heteroatoms. The molecule has 0 radical (unpaired) electrons. The van der Waals surface area contributed by atoms with E-state index in [1.165, 1.54) is 59.9 Å². The van der Waals surface area contributed by atoms with Gasteiger partial charge in [0.05, 0.1) is 28.8 Å². The van der Waals surface area contributed by atoms with Crippen molar-refractivity contribution in [2.24, 2.45) is 0 Å². The number of methoxy groups -OCH3 is 1. The van der Waals surface area contributed by atoms with Crippen LogP contribution >= 0.6 is 0 Å². The third-order valence-electron chi connectivity index (χ3n) is 5.28. The third kappa shape index (κ3) is 5.76. The Labute approximate surface area is 202 Å². The van der Waals surface area contributed by atoms with Gasteiger partial charge in [-0.05, 0) is 79.6 Å². The average Bonchev–Trinajstić information content (AvgIpc) is 2.84. The summed E-state index contributed by atoms with van der Waals surface area (Å²) < 4.78 is 76.4. The van der Waals surface area contributed by atoms with Crippen LogP contribution in [-0.2, 0) is 27.4 Å². The van der Waals surface area contributed by atoms with Crippen molar-refractivity contribution in [3.63, 3.8) is 0 Å². The van der Waals surface area contributed by atoms with Gasteiger partial charge in [-0.2, -0.15) is 13.2 Å². The first-order valence-corrected chi connectivity index (χ1v) is 12.1. The molecular weight excluding hydrogens is 483 g/mol. The second-order valence-electron chi connectivity index (χ2n) is 7.45. The van der Waals surface area contributed by atoms with Crippen molar-refractivity contribution in [3.8, 4) is 11.5 Å². The van der Waals surface area contributed by atoms with Gasteiger partial charge in [0.2, 0.25) is 0 Å². The van der Waals surface area contributed by atoms with Gasteiger partial charge in [-0.3, -0.25) is 4.31 Å². The zero-order chi connectivity index (χ0) is 25.8. The van der Waals surface area contributed by atoms with Crippen molar-refractivity contribution < 1.29 is 35.9 Å². The highest BCUT2D eigenvalue weighted by Gasteiger charge is 2.30. The van der Waals surface area contributed by atoms with Crippen molar-refractivity contribution in [1.29, 1.82) is 0 Å². The summed E-state index contributed by atoms with van der Waals surface area (Å²) in [5.41, 5.74) is 0.425. The molecule has 0 bridgehead atoms. The molecule has 0 atom stereocenters. The number of halogens is 3. The first-order chi connectivity index (χ1) is 16.5. The van der Waals surface area contributed by atoms with Crippen LogP contribution in [0.15, 0.2) is 71.6 Å². The van der Waals surface area contributed by atoms with Crippen molar-refractivity contribution in [2.75, 3.05) is 18.0 Å². The average molecular weight is 508 g/mol. The van der Waals surface area contributed by atoms with E-state index in [1.54, 1.807) is 13.0 Å². The standard InChI is InChI=1S/C25H24F3NO5S/c1-4-17-6-15-22(16-23(17)24(30)33-3)35(31,32)29(5-2)19-9-13-21(14-10-19)34-20-11-7-18(8-12-20)25(26,27)28/h6-16H,4-5H2,1-3H3. The molecule has 35 heavy (non-hydrogen) atoms. The lowest BCUT2D eigenvalue weighted by molar-refractivity contribution is -0.137. The molecule has 0 spiro atoms. The number of carbonyl (C=O) groups excluding carboxylic acids is 1. The van der Waals surface area contributed by atoms with Crippen LogP contribution in [0, 0.1) is 0 Å². The van der Waals surface area contributed by atoms with Gasteiger partial charge in [-0.25, -0.2) is 13.2 Å². The van der Waals surface area contributed by atoms with Gasteiger partial charge < -0.3 is 9.47 Å². The number of nitrogens with zero attached hydrogens (tertiary/aromatic N) is 1. The fourth-order valence-corrected chi connectivity index (χ4v) is 4.97. The Kier molecular flexibility index (Phi) is 7.74. The maximum absolute atomic E-state index is 13.4. The summed E-state index contributed by atoms with van der Waals surface area (Å²) in [7, 11) is -2.77. The molecule has 0 amide bonds. The molecule has 0 saturated heterocycles. The minimum Gasteiger partial charge on any atom is -0.465 e. The number of esters is 1. The molecule has 0 N–H and O–H groups in total. The fourth-order valence-electron chi connectivity index (χ4n) is 3.47. The normalized spacial score (nSPS) is 11.7. The molecule has 6 nitrogen and oxygen atoms in total. The number of sulfonamides is 1. The van der Waals surface area contributed by atoms with E-state index in [0.717, 1.165) is 12.1 Å². The van der Waals surface area contributed by atoms with Gasteiger partial charge in [0.25, 0.3) is 10.0 Å². The van der Waals surface area contributed by atoms with E-state index in [2.05, 4.69) is 0 Å². The number of aryl methyl sites for hydroxylation is 1. The number of hydrogen-bond donors (Lipinski definition) is 0. The molecule has 0 aliphatic rings. The minimum absolute atomic E-state index is 0.0537. The predicted molar refractivity (Wildman–Crippen MR) is 125 cm³/mol. The number of hydrogen-bond acceptors (Lipinski definition) is 5. The third-order valence-corrected chi connectivity index (χ3v) is 7.18. The Balaban J connectivity index is 1.85. The van der Waals surface area contributed by atoms with Crippen molar-refractivity contribution in [3.05, 3.63) is 83.4 Å². The molecule has 0 heterocycles. The van der Waals surface area contributed by atoms with Crippen LogP contribution in [0.5, 0.6) is 11.5 Å². The Morgan fingerprint density at radius 1 is 0.914 bits per heavy atom. The number of carbonyl (C=O) groups is 1. The van der Waals surface area contributed by atoms with Gasteiger partial charge in [-0.1, -0.05) is 13.0 Å². The number of anilines is 1. The van der Waals surface area contributed by atoms with Crippen LogP contribution in [0.4, 0.5) is 18.9 Å². The highest BCUT2D eigenvalue weighted by molar-refractivity contribution is 7.92. The lowest BCUT2D eigenvalue weighted by Crippen LogP contribution is -2.31. The van der Waals surface area contributed by atoms with Gasteiger partial charge in [0.15, 0.2) is 0 Å². The van der Waals surface area contributed by atoms with Crippen molar-refractivity contribution in [2.45, 2.75) is 31.3 Å². The van der Waals surface area contributed by atoms with E-state index < -0.39 is 27.7 Å². The van der Waals surface area contributed by atoms with Crippen LogP contribution in [0.2, 0.25) is 0 Å². The Hall–Kier alpha value is -3.53. The fraction of sp³-hybridized carbons (Fsp3) is 0.240. The summed E-state index contributed by atoms with van der Waals surface area (Å²) in [6, 6.07) is 14.7. The maximum atomic E-state index is 13.4. The largest absolute Gasteiger partial charge is 0.465 e. The summed E-state index contributed by atoms with van der Waals surface area (Å²) in [6.07, 6.45) is -3.91. The highest BCUT2D eigenvalue weighted by Crippen LogP contribution is 2.32. The Morgan fingerprint density at radius 3 is 1.97 bits per heavy atom. The van der Waals surface area contributed by atoms with E-state index in [9.17, 15) is 26.4 Å². The zero-order valence-corrected chi connectivity index (χ0v) is 20.1. The quantitative estimate of drug-likeness (QED) is 0.347. The second-order valence-corrected chi connectivity index (χ2v) is 9.31. The SMILES string of the molecule is CCc1ccc(S(=O)(=O)N(CC)c2ccc(Oc3ccc(C(F)(F)F)cc3)cc2)cc1C(=O)OC. The maximum Gasteiger partial charge on any atom is 0.416 e. The lowest BCUT2D eigenvalue weighted by atomic mass is 10.1. The first kappa shape index (κ1) is 26.1. The molecule has 0 aliphatic heterocycles.